The Morgan fingerprint density at radius 2 is 1.78 bits per heavy atom. The highest BCUT2D eigenvalue weighted by molar-refractivity contribution is 7.10. The number of thiophene rings is 1. The quantitative estimate of drug-likeness (QED) is 0.820. The Hall–Kier alpha value is -2.07. The van der Waals surface area contributed by atoms with Gasteiger partial charge in [-0.2, -0.15) is 0 Å². The minimum absolute atomic E-state index is 0.0964. The van der Waals surface area contributed by atoms with Gasteiger partial charge in [-0.1, -0.05) is 18.9 Å². The molecule has 0 spiro atoms. The summed E-state index contributed by atoms with van der Waals surface area (Å²) in [5.41, 5.74) is 2.09. The van der Waals surface area contributed by atoms with Crippen LogP contribution in [0.5, 0.6) is 0 Å². The van der Waals surface area contributed by atoms with E-state index in [0.29, 0.717) is 0 Å². The molecule has 4 heteroatoms. The van der Waals surface area contributed by atoms with E-state index in [4.69, 9.17) is 0 Å². The van der Waals surface area contributed by atoms with Crippen molar-refractivity contribution < 1.29 is 4.79 Å². The van der Waals surface area contributed by atoms with Crippen molar-refractivity contribution >= 4 is 34.7 Å². The Bertz CT molecular complexity index is 639. The summed E-state index contributed by atoms with van der Waals surface area (Å²) in [6.45, 7) is 2.27. The minimum Gasteiger partial charge on any atom is -0.372 e. The van der Waals surface area contributed by atoms with Crippen molar-refractivity contribution in [2.24, 2.45) is 0 Å². The molecule has 0 radical (unpaired) electrons. The smallest absolute Gasteiger partial charge is 0.248 e. The number of hydrogen-bond donors (Lipinski definition) is 1. The lowest BCUT2D eigenvalue weighted by Gasteiger charge is -2.22. The average Bonchev–Trinajstić information content (AvgIpc) is 2.94. The largest absolute Gasteiger partial charge is 0.372 e. The van der Waals surface area contributed by atoms with Gasteiger partial charge >= 0.3 is 0 Å². The van der Waals surface area contributed by atoms with Crippen LogP contribution < -0.4 is 10.2 Å². The van der Waals surface area contributed by atoms with Crippen LogP contribution in [-0.2, 0) is 4.79 Å². The molecule has 1 aromatic carbocycles. The molecule has 1 fully saturated rings. The SMILES string of the molecule is O=C(C=Cc1cccs1)Nc1ccc(N2CCCCCC2)cc1. The van der Waals surface area contributed by atoms with Crippen molar-refractivity contribution in [2.45, 2.75) is 25.7 Å². The molecule has 2 heterocycles. The molecule has 1 amide bonds. The van der Waals surface area contributed by atoms with Crippen molar-refractivity contribution in [3.05, 3.63) is 52.7 Å². The molecule has 23 heavy (non-hydrogen) atoms. The summed E-state index contributed by atoms with van der Waals surface area (Å²) in [7, 11) is 0. The summed E-state index contributed by atoms with van der Waals surface area (Å²) in [5, 5.41) is 4.91. The molecule has 3 rings (SSSR count). The van der Waals surface area contributed by atoms with Gasteiger partial charge in [0.1, 0.15) is 0 Å². The number of rotatable bonds is 4. The fraction of sp³-hybridized carbons (Fsp3) is 0.316. The molecule has 0 unspecified atom stereocenters. The van der Waals surface area contributed by atoms with E-state index in [1.54, 1.807) is 17.4 Å². The lowest BCUT2D eigenvalue weighted by atomic mass is 10.2. The van der Waals surface area contributed by atoms with Gasteiger partial charge in [-0.3, -0.25) is 4.79 Å². The van der Waals surface area contributed by atoms with Gasteiger partial charge in [-0.15, -0.1) is 11.3 Å². The first-order valence-electron chi connectivity index (χ1n) is 8.19. The fourth-order valence-electron chi connectivity index (χ4n) is 2.81. The molecule has 0 bridgehead atoms. The van der Waals surface area contributed by atoms with E-state index in [0.717, 1.165) is 23.7 Å². The van der Waals surface area contributed by atoms with E-state index in [9.17, 15) is 4.79 Å². The molecule has 0 aliphatic carbocycles. The number of benzene rings is 1. The maximum Gasteiger partial charge on any atom is 0.248 e. The lowest BCUT2D eigenvalue weighted by molar-refractivity contribution is -0.111. The normalized spacial score (nSPS) is 15.6. The second kappa shape index (κ2) is 7.97. The van der Waals surface area contributed by atoms with E-state index >= 15 is 0 Å². The van der Waals surface area contributed by atoms with Gasteiger partial charge in [0.05, 0.1) is 0 Å². The molecule has 0 saturated carbocycles. The zero-order valence-corrected chi connectivity index (χ0v) is 14.0. The minimum atomic E-state index is -0.0964. The van der Waals surface area contributed by atoms with E-state index < -0.39 is 0 Å². The third-order valence-electron chi connectivity index (χ3n) is 4.05. The molecule has 1 aliphatic rings. The summed E-state index contributed by atoms with van der Waals surface area (Å²) < 4.78 is 0. The Morgan fingerprint density at radius 3 is 2.43 bits per heavy atom. The van der Waals surface area contributed by atoms with E-state index in [1.807, 2.05) is 35.7 Å². The van der Waals surface area contributed by atoms with Gasteiger partial charge in [0.25, 0.3) is 0 Å². The van der Waals surface area contributed by atoms with Crippen molar-refractivity contribution in [1.29, 1.82) is 0 Å². The summed E-state index contributed by atoms with van der Waals surface area (Å²) in [6.07, 6.45) is 8.63. The number of hydrogen-bond acceptors (Lipinski definition) is 3. The first-order valence-corrected chi connectivity index (χ1v) is 9.07. The van der Waals surface area contributed by atoms with Gasteiger partial charge < -0.3 is 10.2 Å². The third-order valence-corrected chi connectivity index (χ3v) is 4.89. The number of carbonyl (C=O) groups excluding carboxylic acids is 1. The number of amides is 1. The van der Waals surface area contributed by atoms with Crippen LogP contribution in [0.3, 0.4) is 0 Å². The van der Waals surface area contributed by atoms with E-state index in [-0.39, 0.29) is 5.91 Å². The van der Waals surface area contributed by atoms with Crippen LogP contribution >= 0.6 is 11.3 Å². The van der Waals surface area contributed by atoms with Gasteiger partial charge in [0.15, 0.2) is 0 Å². The van der Waals surface area contributed by atoms with Gasteiger partial charge in [0.2, 0.25) is 5.91 Å². The second-order valence-electron chi connectivity index (χ2n) is 5.79. The summed E-state index contributed by atoms with van der Waals surface area (Å²) in [6, 6.07) is 12.1. The zero-order valence-electron chi connectivity index (χ0n) is 13.2. The number of anilines is 2. The second-order valence-corrected chi connectivity index (χ2v) is 6.77. The molecule has 3 nitrogen and oxygen atoms in total. The first-order chi connectivity index (χ1) is 11.3. The topological polar surface area (TPSA) is 32.3 Å². The van der Waals surface area contributed by atoms with Crippen LogP contribution in [0, 0.1) is 0 Å². The molecular weight excluding hydrogens is 304 g/mol. The van der Waals surface area contributed by atoms with E-state index in [2.05, 4.69) is 22.3 Å². The Kier molecular flexibility index (Phi) is 5.48. The van der Waals surface area contributed by atoms with Crippen LogP contribution in [0.1, 0.15) is 30.6 Å². The molecule has 0 atom stereocenters. The predicted molar refractivity (Wildman–Crippen MR) is 99.1 cm³/mol. The molecule has 120 valence electrons. The van der Waals surface area contributed by atoms with Gasteiger partial charge in [-0.25, -0.2) is 0 Å². The molecule has 2 aromatic rings. The van der Waals surface area contributed by atoms with Crippen LogP contribution in [0.25, 0.3) is 6.08 Å². The van der Waals surface area contributed by atoms with Crippen LogP contribution in [0.2, 0.25) is 0 Å². The Labute approximate surface area is 141 Å². The highest BCUT2D eigenvalue weighted by Crippen LogP contribution is 2.21. The summed E-state index contributed by atoms with van der Waals surface area (Å²) in [4.78, 5) is 15.5. The van der Waals surface area contributed by atoms with Crippen molar-refractivity contribution in [3.8, 4) is 0 Å². The monoisotopic (exact) mass is 326 g/mol. The number of carbonyl (C=O) groups is 1. The van der Waals surface area contributed by atoms with Gasteiger partial charge in [0, 0.05) is 35.4 Å². The zero-order chi connectivity index (χ0) is 15.9. The number of nitrogens with zero attached hydrogens (tertiary/aromatic N) is 1. The maximum absolute atomic E-state index is 11.9. The summed E-state index contributed by atoms with van der Waals surface area (Å²) >= 11 is 1.62. The van der Waals surface area contributed by atoms with Crippen LogP contribution in [0.4, 0.5) is 11.4 Å². The van der Waals surface area contributed by atoms with Crippen LogP contribution in [-0.4, -0.2) is 19.0 Å². The highest BCUT2D eigenvalue weighted by Gasteiger charge is 2.09. The summed E-state index contributed by atoms with van der Waals surface area (Å²) in [5.74, 6) is -0.0964. The van der Waals surface area contributed by atoms with Crippen molar-refractivity contribution in [2.75, 3.05) is 23.3 Å². The Morgan fingerprint density at radius 1 is 1.04 bits per heavy atom. The van der Waals surface area contributed by atoms with Gasteiger partial charge in [-0.05, 0) is 54.6 Å². The average molecular weight is 326 g/mol. The predicted octanol–water partition coefficient (Wildman–Crippen LogP) is 4.78. The fourth-order valence-corrected chi connectivity index (χ4v) is 3.43. The van der Waals surface area contributed by atoms with Crippen molar-refractivity contribution in [1.82, 2.24) is 0 Å². The Balaban J connectivity index is 1.57. The molecular formula is C19H22N2OS. The highest BCUT2D eigenvalue weighted by atomic mass is 32.1. The molecule has 1 N–H and O–H groups in total. The molecule has 1 saturated heterocycles. The molecule has 1 aromatic heterocycles. The third kappa shape index (κ3) is 4.70. The standard InChI is InChI=1S/C19H22N2OS/c22-19(12-11-18-6-5-15-23-18)20-16-7-9-17(10-8-16)21-13-3-1-2-4-14-21/h5-12,15H,1-4,13-14H2,(H,20,22). The number of nitrogens with one attached hydrogen (secondary N) is 1. The molecule has 1 aliphatic heterocycles. The van der Waals surface area contributed by atoms with Crippen LogP contribution in [0.15, 0.2) is 47.9 Å². The first kappa shape index (κ1) is 15.8. The van der Waals surface area contributed by atoms with Crippen molar-refractivity contribution in [3.63, 3.8) is 0 Å². The lowest BCUT2D eigenvalue weighted by Crippen LogP contribution is -2.23. The van der Waals surface area contributed by atoms with E-state index in [1.165, 1.54) is 31.4 Å². The maximum atomic E-state index is 11.9.